The van der Waals surface area contributed by atoms with Gasteiger partial charge in [-0.1, -0.05) is 155 Å². The third-order valence-electron chi connectivity index (χ3n) is 5.07. The van der Waals surface area contributed by atoms with Gasteiger partial charge < -0.3 is 0 Å². The molecule has 0 atom stereocenters. The molecule has 0 fully saturated rings. The van der Waals surface area contributed by atoms with E-state index in [1.54, 1.807) is 0 Å². The molecule has 0 aliphatic heterocycles. The maximum absolute atomic E-state index is 2.36. The van der Waals surface area contributed by atoms with Crippen LogP contribution in [0.3, 0.4) is 0 Å². The standard InChI is InChI=1S/C10H8.C10H22.2C4H10/c1-2-6-10-8-4-3-7-9(10)5-1;1-5-7-8-9-10(3,4)6-2;2*1-3-4-2/h1-8H;5-9H2,1-4H3;2*3-4H2,1-2H3. The maximum Gasteiger partial charge on any atom is -0.0184 e. The lowest BCUT2D eigenvalue weighted by atomic mass is 9.84. The van der Waals surface area contributed by atoms with Crippen molar-refractivity contribution < 1.29 is 0 Å². The second kappa shape index (κ2) is 20.4. The number of unbranched alkanes of at least 4 members (excludes halogenated alkanes) is 4. The molecular weight excluding hydrogens is 336 g/mol. The Labute approximate surface area is 178 Å². The molecule has 0 heterocycles. The van der Waals surface area contributed by atoms with Crippen molar-refractivity contribution in [3.63, 3.8) is 0 Å². The highest BCUT2D eigenvalue weighted by molar-refractivity contribution is 5.81. The number of benzene rings is 2. The molecule has 0 aromatic heterocycles. The molecule has 0 bridgehead atoms. The molecule has 2 aromatic rings. The molecule has 0 nitrogen and oxygen atoms in total. The Morgan fingerprint density at radius 2 is 0.893 bits per heavy atom. The van der Waals surface area contributed by atoms with E-state index in [1.165, 1.54) is 68.6 Å². The minimum absolute atomic E-state index is 0.592. The SMILES string of the molecule is CCCC.CCCC.CCCCCC(C)(C)CC.c1ccc2ccccc2c1. The summed E-state index contributed by atoms with van der Waals surface area (Å²) in [6.07, 6.45) is 12.2. The van der Waals surface area contributed by atoms with Gasteiger partial charge in [0, 0.05) is 0 Å². The van der Waals surface area contributed by atoms with E-state index >= 15 is 0 Å². The highest BCUT2D eigenvalue weighted by atomic mass is 14.2. The molecule has 0 saturated carbocycles. The minimum atomic E-state index is 0.592. The highest BCUT2D eigenvalue weighted by Crippen LogP contribution is 2.26. The van der Waals surface area contributed by atoms with Crippen molar-refractivity contribution in [2.24, 2.45) is 5.41 Å². The van der Waals surface area contributed by atoms with Crippen LogP contribution in [0.4, 0.5) is 0 Å². The number of fused-ring (bicyclic) bond motifs is 1. The maximum atomic E-state index is 2.36. The van der Waals surface area contributed by atoms with Gasteiger partial charge in [0.25, 0.3) is 0 Å². The summed E-state index contributed by atoms with van der Waals surface area (Å²) >= 11 is 0. The zero-order valence-electron chi connectivity index (χ0n) is 20.5. The Morgan fingerprint density at radius 3 is 1.14 bits per heavy atom. The number of hydrogen-bond acceptors (Lipinski definition) is 0. The summed E-state index contributed by atoms with van der Waals surface area (Å²) in [7, 11) is 0. The topological polar surface area (TPSA) is 0 Å². The average Bonchev–Trinajstić information content (AvgIpc) is 2.74. The lowest BCUT2D eigenvalue weighted by molar-refractivity contribution is 0.309. The van der Waals surface area contributed by atoms with Gasteiger partial charge >= 0.3 is 0 Å². The van der Waals surface area contributed by atoms with Gasteiger partial charge in [-0.05, 0) is 22.6 Å². The largest absolute Gasteiger partial charge is 0.0654 e. The first-order valence-electron chi connectivity index (χ1n) is 11.9. The molecule has 2 aromatic carbocycles. The van der Waals surface area contributed by atoms with E-state index in [0.717, 1.165) is 0 Å². The van der Waals surface area contributed by atoms with E-state index in [1.807, 2.05) is 0 Å². The van der Waals surface area contributed by atoms with Crippen LogP contribution >= 0.6 is 0 Å². The van der Waals surface area contributed by atoms with Crippen molar-refractivity contribution in [3.8, 4) is 0 Å². The third-order valence-corrected chi connectivity index (χ3v) is 5.07. The normalized spacial score (nSPS) is 10.0. The summed E-state index contributed by atoms with van der Waals surface area (Å²) in [5.41, 5.74) is 0.592. The molecule has 0 N–H and O–H groups in total. The van der Waals surface area contributed by atoms with E-state index in [0.29, 0.717) is 5.41 Å². The van der Waals surface area contributed by atoms with Gasteiger partial charge in [-0.2, -0.15) is 0 Å². The lowest BCUT2D eigenvalue weighted by Crippen LogP contribution is -2.08. The van der Waals surface area contributed by atoms with Gasteiger partial charge in [0.15, 0.2) is 0 Å². The van der Waals surface area contributed by atoms with Crippen molar-refractivity contribution in [2.75, 3.05) is 0 Å². The summed E-state index contributed by atoms with van der Waals surface area (Å²) in [6, 6.07) is 16.7. The third kappa shape index (κ3) is 18.1. The molecular formula is C28H50. The van der Waals surface area contributed by atoms with Crippen LogP contribution < -0.4 is 0 Å². The molecule has 28 heavy (non-hydrogen) atoms. The zero-order valence-corrected chi connectivity index (χ0v) is 20.5. The molecule has 0 unspecified atom stereocenters. The minimum Gasteiger partial charge on any atom is -0.0654 e. The summed E-state index contributed by atoms with van der Waals surface area (Å²) in [5.74, 6) is 0. The fourth-order valence-corrected chi connectivity index (χ4v) is 2.16. The smallest absolute Gasteiger partial charge is 0.0184 e. The molecule has 0 heteroatoms. The summed E-state index contributed by atoms with van der Waals surface area (Å²) in [6.45, 7) is 18.0. The van der Waals surface area contributed by atoms with Crippen LogP contribution in [0.25, 0.3) is 10.8 Å². The van der Waals surface area contributed by atoms with E-state index < -0.39 is 0 Å². The van der Waals surface area contributed by atoms with E-state index in [4.69, 9.17) is 0 Å². The van der Waals surface area contributed by atoms with Crippen LogP contribution in [-0.2, 0) is 0 Å². The Balaban J connectivity index is 0. The fourth-order valence-electron chi connectivity index (χ4n) is 2.16. The Bertz CT molecular complexity index is 465. The van der Waals surface area contributed by atoms with E-state index in [2.05, 4.69) is 104 Å². The van der Waals surface area contributed by atoms with Gasteiger partial charge in [-0.15, -0.1) is 0 Å². The first-order valence-corrected chi connectivity index (χ1v) is 11.9. The van der Waals surface area contributed by atoms with Crippen LogP contribution in [0.1, 0.15) is 113 Å². The van der Waals surface area contributed by atoms with E-state index in [-0.39, 0.29) is 0 Å². The average molecular weight is 387 g/mol. The Hall–Kier alpha value is -1.30. The molecule has 0 saturated heterocycles. The molecule has 0 aliphatic rings. The van der Waals surface area contributed by atoms with Crippen LogP contribution in [0.2, 0.25) is 0 Å². The monoisotopic (exact) mass is 386 g/mol. The first-order chi connectivity index (χ1) is 13.4. The molecule has 0 amide bonds. The van der Waals surface area contributed by atoms with Crippen LogP contribution in [-0.4, -0.2) is 0 Å². The molecule has 0 aliphatic carbocycles. The van der Waals surface area contributed by atoms with Crippen LogP contribution in [0.15, 0.2) is 48.5 Å². The lowest BCUT2D eigenvalue weighted by Gasteiger charge is -2.21. The van der Waals surface area contributed by atoms with Crippen molar-refractivity contribution in [2.45, 2.75) is 113 Å². The molecule has 162 valence electrons. The predicted molar refractivity (Wildman–Crippen MR) is 133 cm³/mol. The number of hydrogen-bond donors (Lipinski definition) is 0. The van der Waals surface area contributed by atoms with Gasteiger partial charge in [0.2, 0.25) is 0 Å². The first kappa shape index (κ1) is 28.9. The summed E-state index contributed by atoms with van der Waals surface area (Å²) in [5, 5.41) is 2.62. The highest BCUT2D eigenvalue weighted by Gasteiger charge is 2.13. The van der Waals surface area contributed by atoms with Crippen molar-refractivity contribution >= 4 is 10.8 Å². The van der Waals surface area contributed by atoms with Gasteiger partial charge in [0.1, 0.15) is 0 Å². The Morgan fingerprint density at radius 1 is 0.536 bits per heavy atom. The van der Waals surface area contributed by atoms with Crippen molar-refractivity contribution in [3.05, 3.63) is 48.5 Å². The summed E-state index contributed by atoms with van der Waals surface area (Å²) in [4.78, 5) is 0. The number of rotatable bonds is 7. The molecule has 0 radical (unpaired) electrons. The molecule has 2 rings (SSSR count). The second-order valence-electron chi connectivity index (χ2n) is 8.32. The fraction of sp³-hybridized carbons (Fsp3) is 0.643. The zero-order chi connectivity index (χ0) is 21.7. The van der Waals surface area contributed by atoms with Crippen molar-refractivity contribution in [1.29, 1.82) is 0 Å². The quantitative estimate of drug-likeness (QED) is 0.415. The van der Waals surface area contributed by atoms with Crippen molar-refractivity contribution in [1.82, 2.24) is 0 Å². The van der Waals surface area contributed by atoms with Crippen LogP contribution in [0, 0.1) is 5.41 Å². The second-order valence-corrected chi connectivity index (χ2v) is 8.32. The predicted octanol–water partition coefficient (Wildman–Crippen LogP) is 10.5. The summed E-state index contributed by atoms with van der Waals surface area (Å²) < 4.78 is 0. The Kier molecular flexibility index (Phi) is 21.1. The van der Waals surface area contributed by atoms with E-state index in [9.17, 15) is 0 Å². The van der Waals surface area contributed by atoms with Gasteiger partial charge in [-0.3, -0.25) is 0 Å². The van der Waals surface area contributed by atoms with Gasteiger partial charge in [0.05, 0.1) is 0 Å². The molecule has 0 spiro atoms. The van der Waals surface area contributed by atoms with Gasteiger partial charge in [-0.25, -0.2) is 0 Å². The van der Waals surface area contributed by atoms with Crippen LogP contribution in [0.5, 0.6) is 0 Å².